The van der Waals surface area contributed by atoms with Crippen molar-refractivity contribution < 1.29 is 9.84 Å². The van der Waals surface area contributed by atoms with Gasteiger partial charge in [-0.15, -0.1) is 11.3 Å². The summed E-state index contributed by atoms with van der Waals surface area (Å²) in [5, 5.41) is 9.97. The van der Waals surface area contributed by atoms with Gasteiger partial charge in [0.1, 0.15) is 12.4 Å². The molecule has 0 saturated heterocycles. The second-order valence-corrected chi connectivity index (χ2v) is 5.73. The van der Waals surface area contributed by atoms with E-state index in [2.05, 4.69) is 19.1 Å². The number of ether oxygens (including phenoxy) is 1. The van der Waals surface area contributed by atoms with E-state index in [0.717, 1.165) is 17.7 Å². The van der Waals surface area contributed by atoms with Gasteiger partial charge in [0.2, 0.25) is 0 Å². The van der Waals surface area contributed by atoms with Gasteiger partial charge >= 0.3 is 0 Å². The Labute approximate surface area is 118 Å². The molecule has 1 aromatic heterocycles. The molecule has 1 heterocycles. The highest BCUT2D eigenvalue weighted by atomic mass is 32.1. The average Bonchev–Trinajstić information content (AvgIpc) is 2.92. The van der Waals surface area contributed by atoms with Crippen molar-refractivity contribution in [3.63, 3.8) is 0 Å². The van der Waals surface area contributed by atoms with Crippen molar-refractivity contribution in [1.82, 2.24) is 0 Å². The number of hydrogen-bond acceptors (Lipinski definition) is 3. The van der Waals surface area contributed by atoms with Crippen LogP contribution in [0.15, 0.2) is 36.4 Å². The minimum atomic E-state index is -0.453. The van der Waals surface area contributed by atoms with E-state index < -0.39 is 6.10 Å². The highest BCUT2D eigenvalue weighted by molar-refractivity contribution is 7.11. The third kappa shape index (κ3) is 3.58. The lowest BCUT2D eigenvalue weighted by Crippen LogP contribution is -2.01. The van der Waals surface area contributed by atoms with E-state index in [0.29, 0.717) is 13.0 Å². The van der Waals surface area contributed by atoms with Gasteiger partial charge < -0.3 is 9.84 Å². The van der Waals surface area contributed by atoms with E-state index in [-0.39, 0.29) is 0 Å². The summed E-state index contributed by atoms with van der Waals surface area (Å²) >= 11 is 1.78. The standard InChI is InChI=1S/C16H20O2S/c1-3-12-9-10-13(19-12)11-18-16-8-6-5-7-14(16)15(17)4-2/h5-10,15,17H,3-4,11H2,1-2H3. The van der Waals surface area contributed by atoms with Crippen molar-refractivity contribution in [2.24, 2.45) is 0 Å². The van der Waals surface area contributed by atoms with Crippen LogP contribution in [0.25, 0.3) is 0 Å². The first-order chi connectivity index (χ1) is 9.24. The zero-order valence-electron chi connectivity index (χ0n) is 11.4. The molecule has 0 aliphatic rings. The van der Waals surface area contributed by atoms with Gasteiger partial charge in [-0.3, -0.25) is 0 Å². The Morgan fingerprint density at radius 3 is 2.53 bits per heavy atom. The number of benzene rings is 1. The molecule has 0 spiro atoms. The smallest absolute Gasteiger partial charge is 0.125 e. The predicted octanol–water partition coefficient (Wildman–Crippen LogP) is 4.33. The number of aryl methyl sites for hydroxylation is 1. The maximum Gasteiger partial charge on any atom is 0.125 e. The van der Waals surface area contributed by atoms with Crippen molar-refractivity contribution in [2.75, 3.05) is 0 Å². The first-order valence-electron chi connectivity index (χ1n) is 6.72. The van der Waals surface area contributed by atoms with Gasteiger partial charge in [0.15, 0.2) is 0 Å². The lowest BCUT2D eigenvalue weighted by molar-refractivity contribution is 0.166. The largest absolute Gasteiger partial charge is 0.488 e. The quantitative estimate of drug-likeness (QED) is 0.850. The summed E-state index contributed by atoms with van der Waals surface area (Å²) in [4.78, 5) is 2.60. The van der Waals surface area contributed by atoms with Crippen LogP contribution < -0.4 is 4.74 Å². The van der Waals surface area contributed by atoms with Crippen molar-refractivity contribution in [2.45, 2.75) is 39.4 Å². The van der Waals surface area contributed by atoms with E-state index in [1.165, 1.54) is 9.75 Å². The maximum absolute atomic E-state index is 9.97. The summed E-state index contributed by atoms with van der Waals surface area (Å²) < 4.78 is 5.85. The number of thiophene rings is 1. The molecule has 2 nitrogen and oxygen atoms in total. The molecular formula is C16H20O2S. The van der Waals surface area contributed by atoms with E-state index >= 15 is 0 Å². The Morgan fingerprint density at radius 2 is 1.84 bits per heavy atom. The highest BCUT2D eigenvalue weighted by Crippen LogP contribution is 2.28. The first-order valence-corrected chi connectivity index (χ1v) is 7.53. The fourth-order valence-corrected chi connectivity index (χ4v) is 2.82. The topological polar surface area (TPSA) is 29.5 Å². The monoisotopic (exact) mass is 276 g/mol. The van der Waals surface area contributed by atoms with Crippen LogP contribution in [0.1, 0.15) is 41.7 Å². The number of aliphatic hydroxyl groups is 1. The molecule has 0 aliphatic carbocycles. The maximum atomic E-state index is 9.97. The number of aliphatic hydroxyl groups excluding tert-OH is 1. The molecule has 1 atom stereocenters. The third-order valence-corrected chi connectivity index (χ3v) is 4.30. The molecule has 1 aromatic carbocycles. The van der Waals surface area contributed by atoms with Crippen LogP contribution in [-0.2, 0) is 13.0 Å². The van der Waals surface area contributed by atoms with Crippen LogP contribution in [0.4, 0.5) is 0 Å². The summed E-state index contributed by atoms with van der Waals surface area (Å²) in [5.41, 5.74) is 0.872. The molecule has 102 valence electrons. The summed E-state index contributed by atoms with van der Waals surface area (Å²) in [6, 6.07) is 12.0. The van der Waals surface area contributed by atoms with Gasteiger partial charge in [-0.2, -0.15) is 0 Å². The van der Waals surface area contributed by atoms with E-state index in [9.17, 15) is 5.11 Å². The van der Waals surface area contributed by atoms with Crippen molar-refractivity contribution >= 4 is 11.3 Å². The van der Waals surface area contributed by atoms with Crippen LogP contribution in [-0.4, -0.2) is 5.11 Å². The fraction of sp³-hybridized carbons (Fsp3) is 0.375. The Hall–Kier alpha value is -1.32. The molecular weight excluding hydrogens is 256 g/mol. The molecule has 1 unspecified atom stereocenters. The molecule has 3 heteroatoms. The van der Waals surface area contributed by atoms with Gasteiger partial charge in [0.25, 0.3) is 0 Å². The highest BCUT2D eigenvalue weighted by Gasteiger charge is 2.11. The predicted molar refractivity (Wildman–Crippen MR) is 79.7 cm³/mol. The zero-order valence-corrected chi connectivity index (χ0v) is 12.2. The summed E-state index contributed by atoms with van der Waals surface area (Å²) in [6.45, 7) is 4.69. The number of hydrogen-bond donors (Lipinski definition) is 1. The van der Waals surface area contributed by atoms with Crippen LogP contribution in [0, 0.1) is 0 Å². The van der Waals surface area contributed by atoms with Gasteiger partial charge in [0, 0.05) is 15.3 Å². The molecule has 0 aliphatic heterocycles. The van der Waals surface area contributed by atoms with Crippen molar-refractivity contribution in [3.8, 4) is 5.75 Å². The van der Waals surface area contributed by atoms with Gasteiger partial charge in [-0.1, -0.05) is 32.0 Å². The normalized spacial score (nSPS) is 12.4. The second kappa shape index (κ2) is 6.73. The Morgan fingerprint density at radius 1 is 1.11 bits per heavy atom. The van der Waals surface area contributed by atoms with Crippen LogP contribution >= 0.6 is 11.3 Å². The zero-order chi connectivity index (χ0) is 13.7. The molecule has 2 rings (SSSR count). The summed E-state index contributed by atoms with van der Waals surface area (Å²) in [6.07, 6.45) is 1.31. The Kier molecular flexibility index (Phi) is 5.00. The van der Waals surface area contributed by atoms with E-state index in [4.69, 9.17) is 4.74 Å². The molecule has 0 radical (unpaired) electrons. The third-order valence-electron chi connectivity index (χ3n) is 3.10. The fourth-order valence-electron chi connectivity index (χ4n) is 1.95. The molecule has 1 N–H and O–H groups in total. The van der Waals surface area contributed by atoms with E-state index in [1.54, 1.807) is 11.3 Å². The Balaban J connectivity index is 2.06. The molecule has 19 heavy (non-hydrogen) atoms. The van der Waals surface area contributed by atoms with Crippen LogP contribution in [0.5, 0.6) is 5.75 Å². The number of para-hydroxylation sites is 1. The molecule has 0 saturated carbocycles. The second-order valence-electron chi connectivity index (χ2n) is 4.47. The van der Waals surface area contributed by atoms with Crippen molar-refractivity contribution in [3.05, 3.63) is 51.7 Å². The minimum absolute atomic E-state index is 0.453. The SMILES string of the molecule is CCc1ccc(COc2ccccc2C(O)CC)s1. The number of rotatable bonds is 6. The van der Waals surface area contributed by atoms with E-state index in [1.807, 2.05) is 31.2 Å². The average molecular weight is 276 g/mol. The molecule has 2 aromatic rings. The lowest BCUT2D eigenvalue weighted by atomic mass is 10.1. The summed E-state index contributed by atoms with van der Waals surface area (Å²) in [7, 11) is 0. The van der Waals surface area contributed by atoms with Crippen LogP contribution in [0.3, 0.4) is 0 Å². The van der Waals surface area contributed by atoms with Crippen molar-refractivity contribution in [1.29, 1.82) is 0 Å². The van der Waals surface area contributed by atoms with Gasteiger partial charge in [-0.05, 0) is 31.0 Å². The van der Waals surface area contributed by atoms with Crippen LogP contribution in [0.2, 0.25) is 0 Å². The minimum Gasteiger partial charge on any atom is -0.488 e. The van der Waals surface area contributed by atoms with Gasteiger partial charge in [0.05, 0.1) is 6.10 Å². The van der Waals surface area contributed by atoms with Gasteiger partial charge in [-0.25, -0.2) is 0 Å². The lowest BCUT2D eigenvalue weighted by Gasteiger charge is -2.14. The first kappa shape index (κ1) is 14.1. The summed E-state index contributed by atoms with van der Waals surface area (Å²) in [5.74, 6) is 0.781. The molecule has 0 fully saturated rings. The Bertz CT molecular complexity index is 519. The molecule has 0 bridgehead atoms. The molecule has 0 amide bonds.